The maximum atomic E-state index is 12.9. The number of rotatable bonds is 11. The van der Waals surface area contributed by atoms with Crippen LogP contribution in [0.1, 0.15) is 30.4 Å². The minimum absolute atomic E-state index is 0.247. The van der Waals surface area contributed by atoms with Crippen molar-refractivity contribution >= 4 is 11.9 Å². The number of hydrogen-bond acceptors (Lipinski definition) is 4. The first-order chi connectivity index (χ1) is 14.6. The van der Waals surface area contributed by atoms with Crippen LogP contribution >= 0.6 is 0 Å². The number of amides is 1. The Hall–Kier alpha value is -2.70. The summed E-state index contributed by atoms with van der Waals surface area (Å²) in [5.74, 6) is -1.27. The molecular weight excluding hydrogens is 380 g/mol. The summed E-state index contributed by atoms with van der Waals surface area (Å²) in [4.78, 5) is 23.9. The lowest BCUT2D eigenvalue weighted by Crippen LogP contribution is -2.56. The van der Waals surface area contributed by atoms with E-state index in [4.69, 9.17) is 9.84 Å². The maximum absolute atomic E-state index is 12.9. The highest BCUT2D eigenvalue weighted by Gasteiger charge is 2.34. The minimum Gasteiger partial charge on any atom is -0.481 e. The monoisotopic (exact) mass is 410 g/mol. The second-order valence-electron chi connectivity index (χ2n) is 7.55. The number of ether oxygens (including phenoxy) is 1. The predicted octanol–water partition coefficient (Wildman–Crippen LogP) is 3.17. The molecule has 1 heterocycles. The molecule has 1 saturated heterocycles. The molecule has 160 valence electrons. The second-order valence-corrected chi connectivity index (χ2v) is 7.55. The molecule has 1 fully saturated rings. The number of hydrogen-bond donors (Lipinski definition) is 1. The quantitative estimate of drug-likeness (QED) is 0.616. The summed E-state index contributed by atoms with van der Waals surface area (Å²) in [7, 11) is 0. The molecule has 0 unspecified atom stereocenters. The number of carboxylic acid groups (broad SMARTS) is 1. The van der Waals surface area contributed by atoms with Crippen molar-refractivity contribution in [2.45, 2.75) is 38.2 Å². The fourth-order valence-electron chi connectivity index (χ4n) is 3.79. The van der Waals surface area contributed by atoms with Gasteiger partial charge in [0.25, 0.3) is 5.91 Å². The topological polar surface area (TPSA) is 70.1 Å². The van der Waals surface area contributed by atoms with E-state index in [0.29, 0.717) is 13.2 Å². The first kappa shape index (κ1) is 22.0. The standard InChI is InChI=1S/C24H30N2O4/c27-23(28)19-22-24(29)26(17-18-30-22)25(15-7-13-20-9-3-1-4-10-20)16-8-14-21-11-5-2-6-12-21/h1-6,9-12,22H,7-8,13-19H2,(H,27,28)/t22-/m1/s1. The van der Waals surface area contributed by atoms with Crippen molar-refractivity contribution in [1.82, 2.24) is 10.0 Å². The van der Waals surface area contributed by atoms with Crippen molar-refractivity contribution in [2.24, 2.45) is 0 Å². The fraction of sp³-hybridized carbons (Fsp3) is 0.417. The van der Waals surface area contributed by atoms with Crippen LogP contribution in [0.2, 0.25) is 0 Å². The average molecular weight is 411 g/mol. The number of hydrazine groups is 1. The van der Waals surface area contributed by atoms with Crippen LogP contribution in [0, 0.1) is 0 Å². The molecule has 1 N–H and O–H groups in total. The third-order valence-electron chi connectivity index (χ3n) is 5.30. The summed E-state index contributed by atoms with van der Waals surface area (Å²) in [5.41, 5.74) is 2.55. The Morgan fingerprint density at radius 3 is 2.00 bits per heavy atom. The third-order valence-corrected chi connectivity index (χ3v) is 5.30. The number of carbonyl (C=O) groups excluding carboxylic acids is 1. The lowest BCUT2D eigenvalue weighted by Gasteiger charge is -2.40. The van der Waals surface area contributed by atoms with Gasteiger partial charge in [0.1, 0.15) is 6.10 Å². The first-order valence-electron chi connectivity index (χ1n) is 10.6. The molecule has 1 aliphatic heterocycles. The summed E-state index contributed by atoms with van der Waals surface area (Å²) < 4.78 is 5.43. The van der Waals surface area contributed by atoms with Crippen molar-refractivity contribution < 1.29 is 19.4 Å². The maximum Gasteiger partial charge on any atom is 0.306 e. The molecule has 2 aromatic carbocycles. The van der Waals surface area contributed by atoms with Crippen molar-refractivity contribution in [1.29, 1.82) is 0 Å². The zero-order valence-electron chi connectivity index (χ0n) is 17.3. The van der Waals surface area contributed by atoms with Gasteiger partial charge in [-0.25, -0.2) is 5.01 Å². The van der Waals surface area contributed by atoms with Gasteiger partial charge >= 0.3 is 5.97 Å². The average Bonchev–Trinajstić information content (AvgIpc) is 2.75. The van der Waals surface area contributed by atoms with E-state index < -0.39 is 12.1 Å². The van der Waals surface area contributed by atoms with E-state index in [2.05, 4.69) is 29.3 Å². The predicted molar refractivity (Wildman–Crippen MR) is 115 cm³/mol. The zero-order chi connectivity index (χ0) is 21.2. The number of carboxylic acids is 1. The Bertz CT molecular complexity index is 752. The summed E-state index contributed by atoms with van der Waals surface area (Å²) in [6, 6.07) is 20.6. The Balaban J connectivity index is 1.61. The summed E-state index contributed by atoms with van der Waals surface area (Å²) in [6.45, 7) is 2.31. The number of aryl methyl sites for hydroxylation is 2. The Kier molecular flexibility index (Phi) is 8.41. The van der Waals surface area contributed by atoms with Crippen LogP contribution in [0.5, 0.6) is 0 Å². The van der Waals surface area contributed by atoms with Gasteiger partial charge in [0.05, 0.1) is 19.6 Å². The molecule has 0 spiro atoms. The van der Waals surface area contributed by atoms with Gasteiger partial charge in [-0.3, -0.25) is 14.6 Å². The molecule has 0 bridgehead atoms. The zero-order valence-corrected chi connectivity index (χ0v) is 17.3. The lowest BCUT2D eigenvalue weighted by molar-refractivity contribution is -0.180. The normalized spacial score (nSPS) is 16.8. The van der Waals surface area contributed by atoms with E-state index in [1.807, 2.05) is 36.4 Å². The van der Waals surface area contributed by atoms with Crippen molar-refractivity contribution in [3.63, 3.8) is 0 Å². The summed E-state index contributed by atoms with van der Waals surface area (Å²) >= 11 is 0. The van der Waals surface area contributed by atoms with Gasteiger partial charge < -0.3 is 9.84 Å². The summed E-state index contributed by atoms with van der Waals surface area (Å²) in [5, 5.41) is 12.9. The van der Waals surface area contributed by atoms with E-state index in [0.717, 1.165) is 38.8 Å². The molecule has 1 amide bonds. The van der Waals surface area contributed by atoms with Gasteiger partial charge in [0.15, 0.2) is 0 Å². The molecule has 30 heavy (non-hydrogen) atoms. The van der Waals surface area contributed by atoms with Crippen LogP contribution in [0.25, 0.3) is 0 Å². The molecule has 6 heteroatoms. The van der Waals surface area contributed by atoms with E-state index in [-0.39, 0.29) is 12.3 Å². The van der Waals surface area contributed by atoms with E-state index >= 15 is 0 Å². The van der Waals surface area contributed by atoms with Crippen molar-refractivity contribution in [2.75, 3.05) is 26.2 Å². The Morgan fingerprint density at radius 2 is 1.50 bits per heavy atom. The van der Waals surface area contributed by atoms with E-state index in [9.17, 15) is 9.59 Å². The smallest absolute Gasteiger partial charge is 0.306 e. The van der Waals surface area contributed by atoms with Crippen LogP contribution in [-0.4, -0.2) is 59.3 Å². The molecule has 1 atom stereocenters. The highest BCUT2D eigenvalue weighted by Crippen LogP contribution is 2.16. The highest BCUT2D eigenvalue weighted by atomic mass is 16.5. The molecular formula is C24H30N2O4. The van der Waals surface area contributed by atoms with Gasteiger partial charge in [0.2, 0.25) is 0 Å². The number of nitrogens with zero attached hydrogens (tertiary/aromatic N) is 2. The summed E-state index contributed by atoms with van der Waals surface area (Å²) in [6.07, 6.45) is 2.52. The molecule has 1 aliphatic rings. The van der Waals surface area contributed by atoms with Gasteiger partial charge in [-0.15, -0.1) is 0 Å². The molecule has 3 rings (SSSR count). The first-order valence-corrected chi connectivity index (χ1v) is 10.6. The lowest BCUT2D eigenvalue weighted by atomic mass is 10.1. The van der Waals surface area contributed by atoms with E-state index in [1.165, 1.54) is 11.1 Å². The fourth-order valence-corrected chi connectivity index (χ4v) is 3.79. The van der Waals surface area contributed by atoms with Crippen molar-refractivity contribution in [3.05, 3.63) is 71.8 Å². The number of benzene rings is 2. The third kappa shape index (κ3) is 6.68. The molecule has 0 aromatic heterocycles. The van der Waals surface area contributed by atoms with E-state index in [1.54, 1.807) is 5.01 Å². The Morgan fingerprint density at radius 1 is 0.967 bits per heavy atom. The molecule has 0 saturated carbocycles. The van der Waals surface area contributed by atoms with Crippen LogP contribution in [-0.2, 0) is 27.2 Å². The SMILES string of the molecule is O=C(O)C[C@H]1OCCN(N(CCCc2ccccc2)CCCc2ccccc2)C1=O. The van der Waals surface area contributed by atoms with Gasteiger partial charge in [-0.2, -0.15) is 0 Å². The Labute approximate surface area is 178 Å². The van der Waals surface area contributed by atoms with Gasteiger partial charge in [0, 0.05) is 13.1 Å². The largest absolute Gasteiger partial charge is 0.481 e. The van der Waals surface area contributed by atoms with Crippen LogP contribution in [0.3, 0.4) is 0 Å². The van der Waals surface area contributed by atoms with Crippen LogP contribution in [0.15, 0.2) is 60.7 Å². The van der Waals surface area contributed by atoms with Crippen molar-refractivity contribution in [3.8, 4) is 0 Å². The molecule has 2 aromatic rings. The number of aliphatic carboxylic acids is 1. The van der Waals surface area contributed by atoms with Gasteiger partial charge in [-0.05, 0) is 36.8 Å². The number of carbonyl (C=O) groups is 2. The number of morpholine rings is 1. The molecule has 0 aliphatic carbocycles. The van der Waals surface area contributed by atoms with Crippen LogP contribution in [0.4, 0.5) is 0 Å². The minimum atomic E-state index is -1.02. The highest BCUT2D eigenvalue weighted by molar-refractivity contribution is 5.85. The van der Waals surface area contributed by atoms with Crippen LogP contribution < -0.4 is 0 Å². The second kappa shape index (κ2) is 11.5. The molecule has 0 radical (unpaired) electrons. The molecule has 6 nitrogen and oxygen atoms in total. The van der Waals surface area contributed by atoms with Gasteiger partial charge in [-0.1, -0.05) is 60.7 Å².